The van der Waals surface area contributed by atoms with E-state index >= 15 is 0 Å². The molecule has 1 saturated heterocycles. The predicted octanol–water partition coefficient (Wildman–Crippen LogP) is 0.665. The van der Waals surface area contributed by atoms with Crippen molar-refractivity contribution in [2.45, 2.75) is 57.3 Å². The number of piperidine rings is 1. The van der Waals surface area contributed by atoms with Gasteiger partial charge in [0.15, 0.2) is 0 Å². The molecule has 0 bridgehead atoms. The zero-order valence-corrected chi connectivity index (χ0v) is 15.4. The number of imide groups is 1. The molecule has 0 spiro atoms. The van der Waals surface area contributed by atoms with Gasteiger partial charge >= 0.3 is 0 Å². The van der Waals surface area contributed by atoms with E-state index in [0.717, 1.165) is 17.5 Å². The molecule has 3 aliphatic rings. The summed E-state index contributed by atoms with van der Waals surface area (Å²) in [7, 11) is 0. The molecule has 27 heavy (non-hydrogen) atoms. The van der Waals surface area contributed by atoms with Gasteiger partial charge in [0.25, 0.3) is 5.91 Å². The van der Waals surface area contributed by atoms with Crippen LogP contribution in [0.15, 0.2) is 18.2 Å². The molecule has 144 valence electrons. The number of rotatable bonds is 5. The quantitative estimate of drug-likeness (QED) is 0.661. The number of hydrogen-bond acceptors (Lipinski definition) is 5. The summed E-state index contributed by atoms with van der Waals surface area (Å²) < 4.78 is 0. The second-order valence-electron chi connectivity index (χ2n) is 7.76. The van der Waals surface area contributed by atoms with E-state index in [4.69, 9.17) is 5.73 Å². The molecule has 2 aliphatic heterocycles. The molecule has 2 fully saturated rings. The first kappa shape index (κ1) is 18.1. The van der Waals surface area contributed by atoms with E-state index < -0.39 is 6.04 Å². The van der Waals surface area contributed by atoms with Crippen LogP contribution in [0, 0.1) is 5.92 Å². The van der Waals surface area contributed by atoms with Crippen LogP contribution in [-0.2, 0) is 22.7 Å². The number of amides is 3. The first-order valence-electron chi connectivity index (χ1n) is 9.77. The summed E-state index contributed by atoms with van der Waals surface area (Å²) >= 11 is 0. The molecule has 3 atom stereocenters. The van der Waals surface area contributed by atoms with Gasteiger partial charge in [0, 0.05) is 31.1 Å². The van der Waals surface area contributed by atoms with Gasteiger partial charge in [-0.05, 0) is 48.9 Å². The van der Waals surface area contributed by atoms with Gasteiger partial charge in [0.05, 0.1) is 0 Å². The van der Waals surface area contributed by atoms with Gasteiger partial charge in [-0.25, -0.2) is 0 Å². The van der Waals surface area contributed by atoms with Crippen LogP contribution in [0.3, 0.4) is 0 Å². The minimum absolute atomic E-state index is 0.123. The first-order chi connectivity index (χ1) is 13.1. The Labute approximate surface area is 158 Å². The summed E-state index contributed by atoms with van der Waals surface area (Å²) in [6, 6.07) is 5.62. The molecule has 1 aliphatic carbocycles. The van der Waals surface area contributed by atoms with Crippen molar-refractivity contribution in [2.24, 2.45) is 11.7 Å². The molecule has 0 radical (unpaired) electrons. The lowest BCUT2D eigenvalue weighted by molar-refractivity contribution is -0.136. The zero-order chi connectivity index (χ0) is 19.0. The van der Waals surface area contributed by atoms with Crippen LogP contribution in [0.5, 0.6) is 0 Å². The summed E-state index contributed by atoms with van der Waals surface area (Å²) in [4.78, 5) is 38.1. The number of hydrogen-bond donors (Lipinski definition) is 3. The van der Waals surface area contributed by atoms with E-state index in [1.54, 1.807) is 4.90 Å². The maximum atomic E-state index is 12.9. The Kier molecular flexibility index (Phi) is 4.97. The van der Waals surface area contributed by atoms with E-state index in [9.17, 15) is 14.4 Å². The number of nitrogens with one attached hydrogen (secondary N) is 2. The standard InChI is InChI=1S/C20H26N4O3/c21-9-12-3-2-6-16(12)22-10-13-4-1-5-14-15(13)11-24(20(14)27)17-7-8-18(25)23-19(17)26/h1,4-5,12,16-17,22H,2-3,6-11,21H2,(H,23,25,26)/t12-,16+,17?/m1/s1. The molecule has 2 heterocycles. The number of nitrogens with zero attached hydrogens (tertiary/aromatic N) is 1. The molecule has 3 amide bonds. The number of nitrogens with two attached hydrogens (primary N) is 1. The Morgan fingerprint density at radius 1 is 1.19 bits per heavy atom. The SMILES string of the molecule is NC[C@H]1CCC[C@@H]1NCc1cccc2c1CN(C1CCC(=O)NC1=O)C2=O. The van der Waals surface area contributed by atoms with Gasteiger partial charge in [0.1, 0.15) is 6.04 Å². The molecule has 4 N–H and O–H groups in total. The molecule has 1 unspecified atom stereocenters. The Morgan fingerprint density at radius 2 is 2.04 bits per heavy atom. The average Bonchev–Trinajstić information content (AvgIpc) is 3.25. The molecule has 7 nitrogen and oxygen atoms in total. The van der Waals surface area contributed by atoms with Crippen LogP contribution in [0.2, 0.25) is 0 Å². The molecule has 7 heteroatoms. The van der Waals surface area contributed by atoms with Gasteiger partial charge in [-0.3, -0.25) is 19.7 Å². The fourth-order valence-electron chi connectivity index (χ4n) is 4.64. The zero-order valence-electron chi connectivity index (χ0n) is 15.4. The summed E-state index contributed by atoms with van der Waals surface area (Å²) in [5, 5.41) is 5.96. The molecule has 0 aromatic heterocycles. The average molecular weight is 370 g/mol. The number of benzene rings is 1. The number of carbonyl (C=O) groups excluding carboxylic acids is 3. The maximum absolute atomic E-state index is 12.9. The third-order valence-corrected chi connectivity index (χ3v) is 6.20. The second kappa shape index (κ2) is 7.40. The fourth-order valence-corrected chi connectivity index (χ4v) is 4.64. The first-order valence-corrected chi connectivity index (χ1v) is 9.77. The molecule has 1 saturated carbocycles. The van der Waals surface area contributed by atoms with Gasteiger partial charge in [-0.15, -0.1) is 0 Å². The van der Waals surface area contributed by atoms with E-state index in [1.807, 2.05) is 18.2 Å². The van der Waals surface area contributed by atoms with E-state index in [2.05, 4.69) is 10.6 Å². The van der Waals surface area contributed by atoms with Crippen molar-refractivity contribution in [3.8, 4) is 0 Å². The van der Waals surface area contributed by atoms with Crippen LogP contribution >= 0.6 is 0 Å². The summed E-state index contributed by atoms with van der Waals surface area (Å²) in [6.45, 7) is 1.82. The van der Waals surface area contributed by atoms with Crippen molar-refractivity contribution in [3.05, 3.63) is 34.9 Å². The highest BCUT2D eigenvalue weighted by molar-refractivity contribution is 6.05. The van der Waals surface area contributed by atoms with Gasteiger partial charge in [-0.1, -0.05) is 18.6 Å². The molecule has 1 aromatic rings. The van der Waals surface area contributed by atoms with Crippen molar-refractivity contribution >= 4 is 17.7 Å². The summed E-state index contributed by atoms with van der Waals surface area (Å²) in [5.74, 6) is -0.245. The number of fused-ring (bicyclic) bond motifs is 1. The van der Waals surface area contributed by atoms with Crippen molar-refractivity contribution in [3.63, 3.8) is 0 Å². The summed E-state index contributed by atoms with van der Waals surface area (Å²) in [5.41, 5.74) is 8.62. The lowest BCUT2D eigenvalue weighted by Crippen LogP contribution is -2.52. The van der Waals surface area contributed by atoms with E-state index in [-0.39, 0.29) is 24.1 Å². The van der Waals surface area contributed by atoms with Crippen molar-refractivity contribution in [1.82, 2.24) is 15.5 Å². The van der Waals surface area contributed by atoms with Crippen molar-refractivity contribution in [2.75, 3.05) is 6.54 Å². The Bertz CT molecular complexity index is 778. The predicted molar refractivity (Wildman–Crippen MR) is 99.5 cm³/mol. The smallest absolute Gasteiger partial charge is 0.255 e. The topological polar surface area (TPSA) is 105 Å². The maximum Gasteiger partial charge on any atom is 0.255 e. The largest absolute Gasteiger partial charge is 0.330 e. The minimum Gasteiger partial charge on any atom is -0.330 e. The third-order valence-electron chi connectivity index (χ3n) is 6.20. The van der Waals surface area contributed by atoms with Gasteiger partial charge < -0.3 is 16.0 Å². The highest BCUT2D eigenvalue weighted by Crippen LogP contribution is 2.30. The van der Waals surface area contributed by atoms with Crippen molar-refractivity contribution < 1.29 is 14.4 Å². The monoisotopic (exact) mass is 370 g/mol. The Morgan fingerprint density at radius 3 is 2.81 bits per heavy atom. The highest BCUT2D eigenvalue weighted by Gasteiger charge is 2.39. The van der Waals surface area contributed by atoms with Crippen LogP contribution in [0.25, 0.3) is 0 Å². The van der Waals surface area contributed by atoms with E-state index in [0.29, 0.717) is 43.6 Å². The van der Waals surface area contributed by atoms with Crippen LogP contribution in [-0.4, -0.2) is 41.2 Å². The lowest BCUT2D eigenvalue weighted by Gasteiger charge is -2.29. The van der Waals surface area contributed by atoms with E-state index in [1.165, 1.54) is 12.8 Å². The molecular weight excluding hydrogens is 344 g/mol. The summed E-state index contributed by atoms with van der Waals surface area (Å²) in [6.07, 6.45) is 4.17. The third kappa shape index (κ3) is 3.37. The van der Waals surface area contributed by atoms with Crippen LogP contribution in [0.1, 0.15) is 53.6 Å². The van der Waals surface area contributed by atoms with Crippen LogP contribution in [0.4, 0.5) is 0 Å². The molecular formula is C20H26N4O3. The molecule has 4 rings (SSSR count). The van der Waals surface area contributed by atoms with Crippen molar-refractivity contribution in [1.29, 1.82) is 0 Å². The lowest BCUT2D eigenvalue weighted by atomic mass is 10.0. The minimum atomic E-state index is -0.570. The number of carbonyl (C=O) groups is 3. The van der Waals surface area contributed by atoms with Gasteiger partial charge in [0.2, 0.25) is 11.8 Å². The Balaban J connectivity index is 1.49. The molecule has 1 aromatic carbocycles. The van der Waals surface area contributed by atoms with Crippen LogP contribution < -0.4 is 16.4 Å². The Hall–Kier alpha value is -2.25. The normalized spacial score (nSPS) is 27.8. The fraction of sp³-hybridized carbons (Fsp3) is 0.550. The highest BCUT2D eigenvalue weighted by atomic mass is 16.2. The van der Waals surface area contributed by atoms with Gasteiger partial charge in [-0.2, -0.15) is 0 Å². The second-order valence-corrected chi connectivity index (χ2v) is 7.76.